The van der Waals surface area contributed by atoms with Gasteiger partial charge in [-0.3, -0.25) is 0 Å². The lowest BCUT2D eigenvalue weighted by molar-refractivity contribution is -0.138. The molecule has 0 amide bonds. The number of ether oxygens (including phenoxy) is 6. The topological polar surface area (TPSA) is 124 Å². The van der Waals surface area contributed by atoms with Crippen LogP contribution < -0.4 is 9.47 Å². The molecule has 266 valence electrons. The number of aryl methyl sites for hydroxylation is 1. The van der Waals surface area contributed by atoms with E-state index < -0.39 is 11.9 Å². The van der Waals surface area contributed by atoms with E-state index in [1.54, 1.807) is 42.5 Å². The lowest BCUT2D eigenvalue weighted by Gasteiger charge is -2.28. The lowest BCUT2D eigenvalue weighted by atomic mass is 9.94. The molecule has 10 nitrogen and oxygen atoms in total. The van der Waals surface area contributed by atoms with Crippen LogP contribution in [-0.2, 0) is 28.5 Å². The van der Waals surface area contributed by atoms with Gasteiger partial charge in [-0.05, 0) is 132 Å². The lowest BCUT2D eigenvalue weighted by Crippen LogP contribution is -2.29. The van der Waals surface area contributed by atoms with Crippen LogP contribution in [0.2, 0.25) is 0 Å². The zero-order chi connectivity index (χ0) is 35.3. The van der Waals surface area contributed by atoms with Crippen molar-refractivity contribution in [2.24, 2.45) is 0 Å². The van der Waals surface area contributed by atoms with Crippen LogP contribution in [0.25, 0.3) is 0 Å². The predicted octanol–water partition coefficient (Wildman–Crippen LogP) is 7.66. The van der Waals surface area contributed by atoms with Crippen molar-refractivity contribution in [3.8, 4) is 11.5 Å². The van der Waals surface area contributed by atoms with Gasteiger partial charge in [-0.2, -0.15) is 0 Å². The maximum Gasteiger partial charge on any atom is 0.338 e. The second kappa shape index (κ2) is 22.1. The molecule has 0 saturated heterocycles. The maximum atomic E-state index is 12.8. The number of unbranched alkanes of at least 4 members (excludes halogenated alkanes) is 6. The van der Waals surface area contributed by atoms with Gasteiger partial charge in [0.1, 0.15) is 23.7 Å². The summed E-state index contributed by atoms with van der Waals surface area (Å²) < 4.78 is 33.1. The van der Waals surface area contributed by atoms with E-state index in [1.165, 1.54) is 0 Å². The summed E-state index contributed by atoms with van der Waals surface area (Å²) in [4.78, 5) is 47.6. The monoisotopic (exact) mass is 678 g/mol. The molecule has 1 fully saturated rings. The first-order valence-electron chi connectivity index (χ1n) is 17.3. The summed E-state index contributed by atoms with van der Waals surface area (Å²) in [7, 11) is 0. The minimum Gasteiger partial charge on any atom is -0.494 e. The largest absolute Gasteiger partial charge is 0.494 e. The SMILES string of the molecule is C=CC(=O)OCCCCCCOc1ccc(C(=O)OC2CCC(OC(=O)c3ccc(OCCCCCCOC(=O)C=C)c(C)c3)CC2)cc1. The number of esters is 4. The number of carbonyl (C=O) groups excluding carboxylic acids is 4. The zero-order valence-electron chi connectivity index (χ0n) is 28.7. The van der Waals surface area contributed by atoms with E-state index in [4.69, 9.17) is 28.4 Å². The van der Waals surface area contributed by atoms with Gasteiger partial charge in [0.2, 0.25) is 0 Å². The third-order valence-electron chi connectivity index (χ3n) is 8.09. The smallest absolute Gasteiger partial charge is 0.338 e. The van der Waals surface area contributed by atoms with Crippen LogP contribution in [0, 0.1) is 6.92 Å². The molecule has 0 heterocycles. The van der Waals surface area contributed by atoms with Crippen LogP contribution in [0.1, 0.15) is 103 Å². The van der Waals surface area contributed by atoms with E-state index in [-0.39, 0.29) is 24.1 Å². The molecule has 0 atom stereocenters. The second-order valence-electron chi connectivity index (χ2n) is 12.0. The highest BCUT2D eigenvalue weighted by atomic mass is 16.6. The molecule has 1 aliphatic carbocycles. The summed E-state index contributed by atoms with van der Waals surface area (Å²) in [6.07, 6.45) is 11.5. The van der Waals surface area contributed by atoms with Crippen LogP contribution in [0.4, 0.5) is 0 Å². The van der Waals surface area contributed by atoms with Crippen molar-refractivity contribution in [2.45, 2.75) is 96.2 Å². The van der Waals surface area contributed by atoms with Crippen molar-refractivity contribution < 1.29 is 47.6 Å². The molecule has 49 heavy (non-hydrogen) atoms. The molecule has 0 aromatic heterocycles. The molecule has 1 aliphatic rings. The Hall–Kier alpha value is -4.60. The first-order valence-corrected chi connectivity index (χ1v) is 17.3. The molecule has 0 radical (unpaired) electrons. The Balaban J connectivity index is 1.28. The van der Waals surface area contributed by atoms with Gasteiger partial charge in [0.15, 0.2) is 0 Å². The molecule has 3 rings (SSSR count). The van der Waals surface area contributed by atoms with Crippen molar-refractivity contribution in [1.82, 2.24) is 0 Å². The standard InChI is InChI=1S/C39H50O10/c1-4-36(40)46-26-12-8-6-10-24-44-32-17-14-30(15-18-32)38(42)48-33-19-21-34(22-20-33)49-39(43)31-16-23-35(29(3)28-31)45-25-11-7-9-13-27-47-37(41)5-2/h4-5,14-18,23,28,33-34H,1-2,6-13,19-22,24-27H2,3H3. The second-order valence-corrected chi connectivity index (χ2v) is 12.0. The Labute approximate surface area is 289 Å². The van der Waals surface area contributed by atoms with Crippen LogP contribution >= 0.6 is 0 Å². The van der Waals surface area contributed by atoms with Crippen molar-refractivity contribution in [3.63, 3.8) is 0 Å². The number of benzene rings is 2. The van der Waals surface area contributed by atoms with Gasteiger partial charge in [0.05, 0.1) is 37.6 Å². The summed E-state index contributed by atoms with van der Waals surface area (Å²) in [5, 5.41) is 0. The first kappa shape index (κ1) is 38.8. The molecule has 2 aromatic rings. The Morgan fingerprint density at radius 3 is 1.55 bits per heavy atom. The average molecular weight is 679 g/mol. The van der Waals surface area contributed by atoms with Crippen LogP contribution in [-0.4, -0.2) is 62.5 Å². The summed E-state index contributed by atoms with van der Waals surface area (Å²) in [6.45, 7) is 10.6. The summed E-state index contributed by atoms with van der Waals surface area (Å²) in [6, 6.07) is 12.2. The van der Waals surface area contributed by atoms with Crippen molar-refractivity contribution in [2.75, 3.05) is 26.4 Å². The molecule has 0 N–H and O–H groups in total. The Morgan fingerprint density at radius 1 is 0.612 bits per heavy atom. The number of rotatable bonds is 22. The van der Waals surface area contributed by atoms with Crippen molar-refractivity contribution in [1.29, 1.82) is 0 Å². The van der Waals surface area contributed by atoms with Crippen LogP contribution in [0.3, 0.4) is 0 Å². The Kier molecular flexibility index (Phi) is 17.5. The predicted molar refractivity (Wildman–Crippen MR) is 185 cm³/mol. The van der Waals surface area contributed by atoms with Gasteiger partial charge in [-0.1, -0.05) is 13.2 Å². The summed E-state index contributed by atoms with van der Waals surface area (Å²) >= 11 is 0. The third kappa shape index (κ3) is 15.0. The van der Waals surface area contributed by atoms with E-state index in [0.29, 0.717) is 69.0 Å². The molecule has 0 aliphatic heterocycles. The molecule has 2 aromatic carbocycles. The minimum atomic E-state index is -0.397. The van der Waals surface area contributed by atoms with Gasteiger partial charge >= 0.3 is 23.9 Å². The van der Waals surface area contributed by atoms with E-state index in [9.17, 15) is 19.2 Å². The minimum absolute atomic E-state index is 0.229. The molecule has 1 saturated carbocycles. The van der Waals surface area contributed by atoms with Crippen molar-refractivity contribution in [3.05, 3.63) is 84.5 Å². The average Bonchev–Trinajstić information content (AvgIpc) is 3.11. The van der Waals surface area contributed by atoms with E-state index >= 15 is 0 Å². The van der Waals surface area contributed by atoms with Crippen LogP contribution in [0.15, 0.2) is 67.8 Å². The Morgan fingerprint density at radius 2 is 1.06 bits per heavy atom. The highest BCUT2D eigenvalue weighted by molar-refractivity contribution is 5.90. The quantitative estimate of drug-likeness (QED) is 0.0531. The Bertz CT molecular complexity index is 1360. The first-order chi connectivity index (χ1) is 23.8. The van der Waals surface area contributed by atoms with Gasteiger partial charge in [-0.25, -0.2) is 19.2 Å². The highest BCUT2D eigenvalue weighted by Crippen LogP contribution is 2.27. The number of hydrogen-bond acceptors (Lipinski definition) is 10. The van der Waals surface area contributed by atoms with Crippen molar-refractivity contribution >= 4 is 23.9 Å². The van der Waals surface area contributed by atoms with Gasteiger partial charge in [0, 0.05) is 12.2 Å². The number of hydrogen-bond donors (Lipinski definition) is 0. The summed E-state index contributed by atoms with van der Waals surface area (Å²) in [5.41, 5.74) is 1.79. The molecule has 0 bridgehead atoms. The molecule has 10 heteroatoms. The van der Waals surface area contributed by atoms with E-state index in [2.05, 4.69) is 13.2 Å². The molecule has 0 unspecified atom stereocenters. The fourth-order valence-electron chi connectivity index (χ4n) is 5.28. The fourth-order valence-corrected chi connectivity index (χ4v) is 5.28. The highest BCUT2D eigenvalue weighted by Gasteiger charge is 2.27. The molecular formula is C39H50O10. The summed E-state index contributed by atoms with van der Waals surface area (Å²) in [5.74, 6) is -0.133. The molecular weight excluding hydrogens is 628 g/mol. The normalized spacial score (nSPS) is 15.4. The van der Waals surface area contributed by atoms with Gasteiger partial charge < -0.3 is 28.4 Å². The van der Waals surface area contributed by atoms with E-state index in [0.717, 1.165) is 74.8 Å². The van der Waals surface area contributed by atoms with Gasteiger partial charge in [0.25, 0.3) is 0 Å². The maximum absolute atomic E-state index is 12.8. The van der Waals surface area contributed by atoms with E-state index in [1.807, 2.05) is 6.92 Å². The van der Waals surface area contributed by atoms with Gasteiger partial charge in [-0.15, -0.1) is 0 Å². The zero-order valence-corrected chi connectivity index (χ0v) is 28.7. The molecule has 0 spiro atoms. The third-order valence-corrected chi connectivity index (χ3v) is 8.09. The fraction of sp³-hybridized carbons (Fsp3) is 0.487. The number of carbonyl (C=O) groups is 4. The van der Waals surface area contributed by atoms with Crippen LogP contribution in [0.5, 0.6) is 11.5 Å².